The molecule has 2 rings (SSSR count). The Balaban J connectivity index is 2.28. The number of halogens is 5. The summed E-state index contributed by atoms with van der Waals surface area (Å²) in [5.74, 6) is -1.10. The maximum atomic E-state index is 13.8. The Labute approximate surface area is 135 Å². The quantitative estimate of drug-likeness (QED) is 0.486. The van der Waals surface area contributed by atoms with E-state index in [9.17, 15) is 8.78 Å². The summed E-state index contributed by atoms with van der Waals surface area (Å²) in [6.45, 7) is 0. The predicted octanol–water partition coefficient (Wildman–Crippen LogP) is 6.17. The van der Waals surface area contributed by atoms with Gasteiger partial charge >= 0.3 is 0 Å². The first-order valence-corrected chi connectivity index (χ1v) is 8.00. The molecule has 0 saturated heterocycles. The summed E-state index contributed by atoms with van der Waals surface area (Å²) in [6, 6.07) is 10.2. The van der Waals surface area contributed by atoms with Gasteiger partial charge in [0.1, 0.15) is 11.6 Å². The van der Waals surface area contributed by atoms with Gasteiger partial charge in [-0.05, 0) is 36.2 Å². The van der Waals surface area contributed by atoms with Gasteiger partial charge in [-0.25, -0.2) is 8.78 Å². The number of hydrogen-bond donors (Lipinski definition) is 0. The zero-order valence-electron chi connectivity index (χ0n) is 9.64. The second kappa shape index (κ2) is 6.46. The molecular formula is C14H9Br3F2. The van der Waals surface area contributed by atoms with Crippen LogP contribution in [0.2, 0.25) is 0 Å². The van der Waals surface area contributed by atoms with Crippen LogP contribution in [0.1, 0.15) is 16.0 Å². The molecule has 0 radical (unpaired) electrons. The third-order valence-corrected chi connectivity index (χ3v) is 4.39. The molecule has 0 aliphatic carbocycles. The Hall–Kier alpha value is -0.260. The van der Waals surface area contributed by atoms with Crippen LogP contribution in [0.5, 0.6) is 0 Å². The first-order valence-electron chi connectivity index (χ1n) is 5.50. The highest BCUT2D eigenvalue weighted by atomic mass is 79.9. The predicted molar refractivity (Wildman–Crippen MR) is 83.6 cm³/mol. The number of rotatable bonds is 3. The molecule has 0 spiro atoms. The van der Waals surface area contributed by atoms with Gasteiger partial charge in [0, 0.05) is 19.3 Å². The summed E-state index contributed by atoms with van der Waals surface area (Å²) in [6.07, 6.45) is 0.509. The minimum absolute atomic E-state index is 0.0585. The molecular weight excluding hydrogens is 446 g/mol. The molecule has 100 valence electrons. The highest BCUT2D eigenvalue weighted by Crippen LogP contribution is 2.33. The van der Waals surface area contributed by atoms with Gasteiger partial charge < -0.3 is 0 Å². The molecule has 0 heterocycles. The van der Waals surface area contributed by atoms with Crippen LogP contribution >= 0.6 is 47.8 Å². The van der Waals surface area contributed by atoms with Crippen LogP contribution < -0.4 is 0 Å². The van der Waals surface area contributed by atoms with Crippen LogP contribution in [0, 0.1) is 11.6 Å². The fraction of sp³-hybridized carbons (Fsp3) is 0.143. The average molecular weight is 455 g/mol. The Kier molecular flexibility index (Phi) is 5.15. The lowest BCUT2D eigenvalue weighted by Gasteiger charge is -2.13. The van der Waals surface area contributed by atoms with Crippen LogP contribution in [-0.4, -0.2) is 0 Å². The van der Waals surface area contributed by atoms with Crippen LogP contribution in [0.3, 0.4) is 0 Å². The summed E-state index contributed by atoms with van der Waals surface area (Å²) >= 11 is 9.81. The van der Waals surface area contributed by atoms with Gasteiger partial charge in [-0.15, -0.1) is 0 Å². The molecule has 0 N–H and O–H groups in total. The fourth-order valence-electron chi connectivity index (χ4n) is 1.83. The third-order valence-electron chi connectivity index (χ3n) is 2.66. The normalized spacial score (nSPS) is 12.5. The highest BCUT2D eigenvalue weighted by molar-refractivity contribution is 9.10. The average Bonchev–Trinajstić information content (AvgIpc) is 2.27. The van der Waals surface area contributed by atoms with Crippen LogP contribution in [0.15, 0.2) is 45.3 Å². The maximum Gasteiger partial charge on any atom is 0.131 e. The highest BCUT2D eigenvalue weighted by Gasteiger charge is 2.19. The Morgan fingerprint density at radius 3 is 2.16 bits per heavy atom. The van der Waals surface area contributed by atoms with Crippen molar-refractivity contribution < 1.29 is 8.78 Å². The number of benzene rings is 2. The lowest BCUT2D eigenvalue weighted by Crippen LogP contribution is -2.02. The Morgan fingerprint density at radius 2 is 1.58 bits per heavy atom. The molecule has 0 bridgehead atoms. The van der Waals surface area contributed by atoms with Gasteiger partial charge in [-0.3, -0.25) is 0 Å². The van der Waals surface area contributed by atoms with E-state index >= 15 is 0 Å². The van der Waals surface area contributed by atoms with Crippen molar-refractivity contribution in [3.8, 4) is 0 Å². The van der Waals surface area contributed by atoms with Gasteiger partial charge in [0.15, 0.2) is 0 Å². The van der Waals surface area contributed by atoms with Crippen molar-refractivity contribution in [2.45, 2.75) is 11.2 Å². The largest absolute Gasteiger partial charge is 0.207 e. The van der Waals surface area contributed by atoms with E-state index in [2.05, 4.69) is 47.8 Å². The first kappa shape index (κ1) is 15.1. The van der Waals surface area contributed by atoms with Crippen LogP contribution in [-0.2, 0) is 6.42 Å². The van der Waals surface area contributed by atoms with E-state index in [1.165, 1.54) is 12.1 Å². The summed E-state index contributed by atoms with van der Waals surface area (Å²) in [5, 5.41) is 0. The van der Waals surface area contributed by atoms with E-state index in [1.807, 2.05) is 24.3 Å². The van der Waals surface area contributed by atoms with Crippen molar-refractivity contribution in [2.24, 2.45) is 0 Å². The minimum Gasteiger partial charge on any atom is -0.207 e. The van der Waals surface area contributed by atoms with E-state index in [1.54, 1.807) is 0 Å². The maximum absolute atomic E-state index is 13.8. The van der Waals surface area contributed by atoms with E-state index in [-0.39, 0.29) is 5.56 Å². The minimum atomic E-state index is -0.552. The van der Waals surface area contributed by atoms with Crippen molar-refractivity contribution in [3.05, 3.63) is 68.1 Å². The molecule has 0 aliphatic heterocycles. The lowest BCUT2D eigenvalue weighted by atomic mass is 10.0. The molecule has 0 aliphatic rings. The third kappa shape index (κ3) is 3.86. The number of hydrogen-bond acceptors (Lipinski definition) is 0. The van der Waals surface area contributed by atoms with Crippen molar-refractivity contribution in [1.29, 1.82) is 0 Å². The summed E-state index contributed by atoms with van der Waals surface area (Å²) in [4.78, 5) is -0.408. The summed E-state index contributed by atoms with van der Waals surface area (Å²) in [7, 11) is 0. The molecule has 2 aromatic carbocycles. The smallest absolute Gasteiger partial charge is 0.131 e. The monoisotopic (exact) mass is 452 g/mol. The molecule has 5 heteroatoms. The lowest BCUT2D eigenvalue weighted by molar-refractivity contribution is 0.552. The molecule has 2 aromatic rings. The van der Waals surface area contributed by atoms with Crippen molar-refractivity contribution in [2.75, 3.05) is 0 Å². The molecule has 0 saturated carbocycles. The standard InChI is InChI=1S/C14H9Br3F2/c15-9-3-1-2-8(4-9)5-11(17)14-12(18)6-10(16)7-13(14)19/h1-4,6-7,11H,5H2. The molecule has 19 heavy (non-hydrogen) atoms. The zero-order chi connectivity index (χ0) is 14.0. The van der Waals surface area contributed by atoms with E-state index in [0.717, 1.165) is 10.0 Å². The van der Waals surface area contributed by atoms with E-state index < -0.39 is 16.5 Å². The summed E-state index contributed by atoms with van der Waals surface area (Å²) < 4.78 is 29.0. The Bertz CT molecular complexity index is 576. The van der Waals surface area contributed by atoms with Crippen molar-refractivity contribution >= 4 is 47.8 Å². The SMILES string of the molecule is Fc1cc(Br)cc(F)c1C(Br)Cc1cccc(Br)c1. The van der Waals surface area contributed by atoms with Crippen molar-refractivity contribution in [1.82, 2.24) is 0 Å². The second-order valence-corrected chi connectivity index (χ2v) is 7.02. The van der Waals surface area contributed by atoms with Crippen molar-refractivity contribution in [3.63, 3.8) is 0 Å². The summed E-state index contributed by atoms with van der Waals surface area (Å²) in [5.41, 5.74) is 1.06. The molecule has 0 nitrogen and oxygen atoms in total. The van der Waals surface area contributed by atoms with E-state index in [4.69, 9.17) is 0 Å². The van der Waals surface area contributed by atoms with E-state index in [0.29, 0.717) is 10.9 Å². The molecule has 1 atom stereocenters. The zero-order valence-corrected chi connectivity index (χ0v) is 14.4. The van der Waals surface area contributed by atoms with Gasteiger partial charge in [-0.1, -0.05) is 59.9 Å². The van der Waals surface area contributed by atoms with Crippen LogP contribution in [0.4, 0.5) is 8.78 Å². The molecule has 0 amide bonds. The molecule has 0 aromatic heterocycles. The van der Waals surface area contributed by atoms with Gasteiger partial charge in [0.2, 0.25) is 0 Å². The van der Waals surface area contributed by atoms with Gasteiger partial charge in [0.25, 0.3) is 0 Å². The van der Waals surface area contributed by atoms with Crippen LogP contribution in [0.25, 0.3) is 0 Å². The molecule has 1 unspecified atom stereocenters. The van der Waals surface area contributed by atoms with Gasteiger partial charge in [-0.2, -0.15) is 0 Å². The fourth-order valence-corrected chi connectivity index (χ4v) is 3.49. The topological polar surface area (TPSA) is 0 Å². The Morgan fingerprint density at radius 1 is 0.947 bits per heavy atom. The molecule has 0 fully saturated rings. The first-order chi connectivity index (χ1) is 8.97. The second-order valence-electron chi connectivity index (χ2n) is 4.08. The number of alkyl halides is 1. The van der Waals surface area contributed by atoms with Gasteiger partial charge in [0.05, 0.1) is 0 Å².